The molecule has 0 bridgehead atoms. The molecule has 0 saturated carbocycles. The minimum absolute atomic E-state index is 0.00373. The largest absolute Gasteiger partial charge is 0.469 e. The lowest BCUT2D eigenvalue weighted by Crippen LogP contribution is -2.53. The molecule has 16 nitrogen and oxygen atoms in total. The summed E-state index contributed by atoms with van der Waals surface area (Å²) in [7, 11) is 1.30. The highest BCUT2D eigenvalue weighted by atomic mass is 16.7. The fraction of sp³-hybridized carbons (Fsp3) is 0.444. The number of esters is 1. The molecule has 426 valence electrons. The van der Waals surface area contributed by atoms with Crippen molar-refractivity contribution >= 4 is 30.3 Å². The quantitative estimate of drug-likeness (QED) is 0.0394. The number of fused-ring (bicyclic) bond motifs is 1. The van der Waals surface area contributed by atoms with Crippen LogP contribution < -0.4 is 20.1 Å². The molecule has 6 rings (SSSR count). The molecule has 0 aromatic heterocycles. The Morgan fingerprint density at radius 3 is 1.44 bits per heavy atom. The Balaban J connectivity index is 0.000000303. The number of amides is 5. The summed E-state index contributed by atoms with van der Waals surface area (Å²) < 4.78 is 27.3. The van der Waals surface area contributed by atoms with Gasteiger partial charge in [0.15, 0.2) is 11.5 Å². The van der Waals surface area contributed by atoms with Crippen LogP contribution in [-0.4, -0.2) is 94.8 Å². The number of benzene rings is 5. The van der Waals surface area contributed by atoms with Crippen molar-refractivity contribution in [2.45, 2.75) is 157 Å². The van der Waals surface area contributed by atoms with Crippen LogP contribution in [0.25, 0.3) is 0 Å². The topological polar surface area (TPSA) is 186 Å². The van der Waals surface area contributed by atoms with Crippen molar-refractivity contribution in [3.05, 3.63) is 165 Å². The highest BCUT2D eigenvalue weighted by molar-refractivity contribution is 5.77. The van der Waals surface area contributed by atoms with E-state index >= 15 is 0 Å². The molecule has 0 radical (unpaired) electrons. The molecule has 3 atom stereocenters. The number of nitrogens with zero attached hydrogens (tertiary/aromatic N) is 3. The van der Waals surface area contributed by atoms with E-state index in [0.29, 0.717) is 56.1 Å². The summed E-state index contributed by atoms with van der Waals surface area (Å²) in [6.07, 6.45) is 2.79. The van der Waals surface area contributed by atoms with Crippen molar-refractivity contribution in [3.8, 4) is 11.5 Å². The van der Waals surface area contributed by atoms with Gasteiger partial charge in [0.2, 0.25) is 6.79 Å². The van der Waals surface area contributed by atoms with Crippen LogP contribution in [0.1, 0.15) is 136 Å². The standard InChI is InChI=1S/C35H43N3O7.C28H40N2O4/c1-5-6-7-29(36-34(40)37-30(19-33(39)42-4)28-16-17-31-32(18-28)45-23-44-31)22-43-35(41)38(20-26-12-8-24(2)9-13-26)21-27-14-10-25(3)11-15-27;1-7-8-9-25(30(26(31)32)28(4,5)6)20-34-27(33)29(18-23-14-10-21(2)11-15-23)19-24-16-12-22(3)13-17-24/h8-18,29-30H,5-7,19-23H2,1-4H3,(H2,36,37,40);10-17,25H,7-9,18-20H2,1-6H3,(H,31,32). The monoisotopic (exact) mass is 1090 g/mol. The third kappa shape index (κ3) is 20.9. The molecule has 79 heavy (non-hydrogen) atoms. The van der Waals surface area contributed by atoms with Gasteiger partial charge in [0.1, 0.15) is 13.2 Å². The van der Waals surface area contributed by atoms with Crippen molar-refractivity contribution in [3.63, 3.8) is 0 Å². The minimum Gasteiger partial charge on any atom is -0.469 e. The average Bonchev–Trinajstić information content (AvgIpc) is 3.92. The van der Waals surface area contributed by atoms with Gasteiger partial charge in [0.05, 0.1) is 31.7 Å². The zero-order chi connectivity index (χ0) is 57.5. The van der Waals surface area contributed by atoms with Gasteiger partial charge in [-0.15, -0.1) is 0 Å². The van der Waals surface area contributed by atoms with Gasteiger partial charge in [0.25, 0.3) is 0 Å². The van der Waals surface area contributed by atoms with Crippen LogP contribution in [0.2, 0.25) is 0 Å². The summed E-state index contributed by atoms with van der Waals surface area (Å²) in [5.74, 6) is 0.662. The van der Waals surface area contributed by atoms with Crippen LogP contribution >= 0.6 is 0 Å². The number of unbranched alkanes of at least 4 members (excludes halogenated alkanes) is 2. The van der Waals surface area contributed by atoms with E-state index in [1.54, 1.807) is 28.0 Å². The van der Waals surface area contributed by atoms with Crippen LogP contribution in [0.5, 0.6) is 11.5 Å². The summed E-state index contributed by atoms with van der Waals surface area (Å²) in [4.78, 5) is 68.9. The van der Waals surface area contributed by atoms with E-state index in [4.69, 9.17) is 23.7 Å². The number of aryl methyl sites for hydroxylation is 4. The lowest BCUT2D eigenvalue weighted by Gasteiger charge is -2.39. The SMILES string of the molecule is CCCCC(COC(=O)N(Cc1ccc(C)cc1)Cc1ccc(C)cc1)N(C(=O)O)C(C)(C)C.CCCCC(COC(=O)N(Cc1ccc(C)cc1)Cc1ccc(C)cc1)NC(=O)NC(CC(=O)OC)c1ccc2c(c1)OCO2. The Bertz CT molecular complexity index is 2610. The van der Waals surface area contributed by atoms with Crippen molar-refractivity contribution < 1.29 is 52.8 Å². The first-order valence-corrected chi connectivity index (χ1v) is 27.4. The van der Waals surface area contributed by atoms with Crippen molar-refractivity contribution in [1.29, 1.82) is 0 Å². The third-order valence-corrected chi connectivity index (χ3v) is 13.4. The molecule has 16 heteroatoms. The number of carboxylic acid groups (broad SMARTS) is 1. The van der Waals surface area contributed by atoms with E-state index in [0.717, 1.165) is 70.2 Å². The number of hydrogen-bond acceptors (Lipinski definition) is 10. The Kier molecular flexibility index (Phi) is 24.4. The van der Waals surface area contributed by atoms with Gasteiger partial charge in [-0.2, -0.15) is 0 Å². The Morgan fingerprint density at radius 1 is 0.595 bits per heavy atom. The van der Waals surface area contributed by atoms with Crippen molar-refractivity contribution in [2.24, 2.45) is 0 Å². The fourth-order valence-corrected chi connectivity index (χ4v) is 8.93. The summed E-state index contributed by atoms with van der Waals surface area (Å²) in [6, 6.07) is 35.5. The molecule has 1 aliphatic heterocycles. The van der Waals surface area contributed by atoms with Crippen LogP contribution in [0.15, 0.2) is 115 Å². The number of rotatable bonds is 24. The molecule has 3 unspecified atom stereocenters. The normalized spacial score (nSPS) is 12.6. The second-order valence-electron chi connectivity index (χ2n) is 21.3. The van der Waals surface area contributed by atoms with E-state index in [2.05, 4.69) is 24.5 Å². The Morgan fingerprint density at radius 2 is 1.03 bits per heavy atom. The fourth-order valence-electron chi connectivity index (χ4n) is 8.93. The Hall–Kier alpha value is -7.75. The van der Waals surface area contributed by atoms with E-state index in [1.807, 2.05) is 146 Å². The predicted octanol–water partition coefficient (Wildman–Crippen LogP) is 13.1. The van der Waals surface area contributed by atoms with Crippen LogP contribution in [0, 0.1) is 27.7 Å². The number of nitrogens with one attached hydrogen (secondary N) is 2. The van der Waals surface area contributed by atoms with Crippen molar-refractivity contribution in [2.75, 3.05) is 27.1 Å². The maximum Gasteiger partial charge on any atom is 0.410 e. The van der Waals surface area contributed by atoms with E-state index < -0.39 is 53.9 Å². The molecular weight excluding hydrogens is 1000 g/mol. The van der Waals surface area contributed by atoms with Crippen LogP contribution in [0.4, 0.5) is 19.2 Å². The highest BCUT2D eigenvalue weighted by Crippen LogP contribution is 2.35. The molecule has 1 heterocycles. The van der Waals surface area contributed by atoms with E-state index in [1.165, 1.54) is 12.0 Å². The zero-order valence-corrected chi connectivity index (χ0v) is 48.0. The number of methoxy groups -OCH3 is 1. The first kappa shape index (κ1) is 62.1. The lowest BCUT2D eigenvalue weighted by atomic mass is 10.0. The van der Waals surface area contributed by atoms with Gasteiger partial charge in [-0.1, -0.05) is 165 Å². The molecule has 5 aromatic carbocycles. The van der Waals surface area contributed by atoms with Gasteiger partial charge < -0.3 is 39.4 Å². The average molecular weight is 1090 g/mol. The van der Waals surface area contributed by atoms with Gasteiger partial charge in [0, 0.05) is 31.7 Å². The highest BCUT2D eigenvalue weighted by Gasteiger charge is 2.34. The van der Waals surface area contributed by atoms with Gasteiger partial charge in [-0.25, -0.2) is 19.2 Å². The van der Waals surface area contributed by atoms with E-state index in [-0.39, 0.29) is 26.4 Å². The van der Waals surface area contributed by atoms with Crippen LogP contribution in [0.3, 0.4) is 0 Å². The third-order valence-electron chi connectivity index (χ3n) is 13.4. The molecule has 0 fully saturated rings. The minimum atomic E-state index is -0.999. The first-order valence-electron chi connectivity index (χ1n) is 27.4. The number of carbonyl (C=O) groups is 5. The van der Waals surface area contributed by atoms with Gasteiger partial charge in [-0.05, 0) is 101 Å². The predicted molar refractivity (Wildman–Crippen MR) is 306 cm³/mol. The molecule has 1 aliphatic rings. The van der Waals surface area contributed by atoms with Gasteiger partial charge >= 0.3 is 30.3 Å². The number of hydrogen-bond donors (Lipinski definition) is 3. The summed E-state index contributed by atoms with van der Waals surface area (Å²) in [5, 5.41) is 15.7. The molecule has 0 spiro atoms. The van der Waals surface area contributed by atoms with Crippen LogP contribution in [-0.2, 0) is 45.2 Å². The second kappa shape index (κ2) is 31.0. The molecule has 0 aliphatic carbocycles. The smallest absolute Gasteiger partial charge is 0.410 e. The van der Waals surface area contributed by atoms with Gasteiger partial charge in [-0.3, -0.25) is 19.5 Å². The first-order chi connectivity index (χ1) is 37.7. The molecule has 5 aromatic rings. The number of ether oxygens (including phenoxy) is 5. The molecule has 0 saturated heterocycles. The number of carbonyl (C=O) groups excluding carboxylic acids is 4. The summed E-state index contributed by atoms with van der Waals surface area (Å²) in [6.45, 7) is 19.5. The zero-order valence-electron chi connectivity index (χ0n) is 48.0. The summed E-state index contributed by atoms with van der Waals surface area (Å²) in [5.41, 5.74) is 8.67. The lowest BCUT2D eigenvalue weighted by molar-refractivity contribution is -0.141. The summed E-state index contributed by atoms with van der Waals surface area (Å²) >= 11 is 0. The maximum absolute atomic E-state index is 13.5. The maximum atomic E-state index is 13.5. The molecule has 5 amide bonds. The number of urea groups is 1. The Labute approximate surface area is 467 Å². The van der Waals surface area contributed by atoms with E-state index in [9.17, 15) is 29.1 Å². The molecular formula is C63H83N5O11. The second-order valence-corrected chi connectivity index (χ2v) is 21.3. The van der Waals surface area contributed by atoms with Crippen molar-refractivity contribution in [1.82, 2.24) is 25.3 Å². The molecule has 3 N–H and O–H groups in total.